The molecule has 1 aliphatic heterocycles. The number of likely N-dealkylation sites (tertiary alicyclic amines) is 1. The Morgan fingerprint density at radius 2 is 1.91 bits per heavy atom. The Bertz CT molecular complexity index is 1020. The van der Waals surface area contributed by atoms with Gasteiger partial charge >= 0.3 is 0 Å². The number of benzene rings is 2. The Hall–Kier alpha value is -3.30. The maximum absolute atomic E-state index is 13.6. The number of aliphatic hydroxyl groups is 1. The van der Waals surface area contributed by atoms with Crippen LogP contribution in [0.5, 0.6) is 0 Å². The van der Waals surface area contributed by atoms with Crippen molar-refractivity contribution in [3.05, 3.63) is 71.5 Å². The maximum Gasteiger partial charge on any atom is 0.251 e. The lowest BCUT2D eigenvalue weighted by Gasteiger charge is -2.35. The number of rotatable bonds is 12. The number of nitrogens with one attached hydrogen (secondary N) is 2. The van der Waals surface area contributed by atoms with Crippen LogP contribution in [-0.2, 0) is 16.0 Å². The van der Waals surface area contributed by atoms with Crippen molar-refractivity contribution in [2.75, 3.05) is 26.2 Å². The summed E-state index contributed by atoms with van der Waals surface area (Å²) in [6.45, 7) is 0.865. The number of aliphatic hydroxyl groups excluding tert-OH is 1. The Morgan fingerprint density at radius 1 is 1.14 bits per heavy atom. The molecule has 0 spiro atoms. The summed E-state index contributed by atoms with van der Waals surface area (Å²) >= 11 is 0. The average Bonchev–Trinajstić information content (AvgIpc) is 3.19. The third-order valence-corrected chi connectivity index (χ3v) is 6.73. The lowest BCUT2D eigenvalue weighted by atomic mass is 9.69. The van der Waals surface area contributed by atoms with Crippen molar-refractivity contribution in [1.29, 1.82) is 0 Å². The SMILES string of the molecule is O=C(NCC[C@@H](C(=O)NO)[C@]1(CCCO)CCN(CCc2ccccc2)C1=O)c1cccc(F)c1. The van der Waals surface area contributed by atoms with E-state index in [0.29, 0.717) is 32.4 Å². The molecule has 1 saturated heterocycles. The fraction of sp³-hybridized carbons (Fsp3) is 0.423. The summed E-state index contributed by atoms with van der Waals surface area (Å²) in [5.41, 5.74) is 1.82. The van der Waals surface area contributed by atoms with E-state index in [0.717, 1.165) is 11.6 Å². The van der Waals surface area contributed by atoms with Crippen molar-refractivity contribution >= 4 is 17.7 Å². The minimum absolute atomic E-state index is 0.0472. The van der Waals surface area contributed by atoms with Crippen molar-refractivity contribution in [2.45, 2.75) is 32.1 Å². The number of carbonyl (C=O) groups excluding carboxylic acids is 3. The van der Waals surface area contributed by atoms with E-state index in [1.807, 2.05) is 30.3 Å². The highest BCUT2D eigenvalue weighted by molar-refractivity contribution is 5.94. The predicted molar refractivity (Wildman–Crippen MR) is 127 cm³/mol. The van der Waals surface area contributed by atoms with Crippen molar-refractivity contribution in [1.82, 2.24) is 15.7 Å². The van der Waals surface area contributed by atoms with E-state index in [4.69, 9.17) is 0 Å². The van der Waals surface area contributed by atoms with Crippen LogP contribution in [0.1, 0.15) is 41.6 Å². The molecule has 8 nitrogen and oxygen atoms in total. The number of halogens is 1. The zero-order valence-electron chi connectivity index (χ0n) is 19.6. The molecule has 4 N–H and O–H groups in total. The molecule has 1 fully saturated rings. The molecule has 1 heterocycles. The van der Waals surface area contributed by atoms with Gasteiger partial charge in [0.2, 0.25) is 11.8 Å². The molecule has 2 atom stereocenters. The van der Waals surface area contributed by atoms with E-state index in [2.05, 4.69) is 5.32 Å². The summed E-state index contributed by atoms with van der Waals surface area (Å²) in [4.78, 5) is 40.5. The summed E-state index contributed by atoms with van der Waals surface area (Å²) in [6, 6.07) is 15.0. The second kappa shape index (κ2) is 12.4. The molecule has 3 amide bonds. The van der Waals surface area contributed by atoms with Gasteiger partial charge in [0.15, 0.2) is 0 Å². The van der Waals surface area contributed by atoms with Gasteiger partial charge in [0.05, 0.1) is 11.3 Å². The van der Waals surface area contributed by atoms with Gasteiger partial charge in [-0.15, -0.1) is 0 Å². The molecule has 0 aliphatic carbocycles. The first-order valence-electron chi connectivity index (χ1n) is 11.8. The minimum atomic E-state index is -1.10. The Balaban J connectivity index is 1.72. The summed E-state index contributed by atoms with van der Waals surface area (Å²) in [5.74, 6) is -2.85. The van der Waals surface area contributed by atoms with Crippen LogP contribution in [0.3, 0.4) is 0 Å². The summed E-state index contributed by atoms with van der Waals surface area (Å²) < 4.78 is 13.4. The highest BCUT2D eigenvalue weighted by atomic mass is 19.1. The van der Waals surface area contributed by atoms with Crippen LogP contribution in [0.2, 0.25) is 0 Å². The highest BCUT2D eigenvalue weighted by Crippen LogP contribution is 2.45. The first-order valence-corrected chi connectivity index (χ1v) is 11.8. The summed E-state index contributed by atoms with van der Waals surface area (Å²) in [7, 11) is 0. The minimum Gasteiger partial charge on any atom is -0.396 e. The van der Waals surface area contributed by atoms with Crippen LogP contribution < -0.4 is 10.8 Å². The zero-order valence-corrected chi connectivity index (χ0v) is 19.6. The van der Waals surface area contributed by atoms with Gasteiger partial charge in [0, 0.05) is 31.8 Å². The topological polar surface area (TPSA) is 119 Å². The number of carbonyl (C=O) groups is 3. The Morgan fingerprint density at radius 3 is 2.60 bits per heavy atom. The first kappa shape index (κ1) is 26.3. The lowest BCUT2D eigenvalue weighted by Crippen LogP contribution is -2.48. The molecule has 0 saturated carbocycles. The number of hydroxylamine groups is 1. The number of amides is 3. The molecule has 2 aromatic carbocycles. The molecule has 9 heteroatoms. The second-order valence-corrected chi connectivity index (χ2v) is 8.84. The zero-order chi connectivity index (χ0) is 25.3. The third-order valence-electron chi connectivity index (χ3n) is 6.73. The molecule has 0 unspecified atom stereocenters. The van der Waals surface area contributed by atoms with Crippen molar-refractivity contribution < 1.29 is 29.1 Å². The predicted octanol–water partition coefficient (Wildman–Crippen LogP) is 2.30. The number of hydrogen-bond acceptors (Lipinski definition) is 5. The van der Waals surface area contributed by atoms with Gasteiger partial charge in [0.25, 0.3) is 5.91 Å². The van der Waals surface area contributed by atoms with Gasteiger partial charge < -0.3 is 15.3 Å². The van der Waals surface area contributed by atoms with Crippen molar-refractivity contribution in [3.8, 4) is 0 Å². The van der Waals surface area contributed by atoms with Crippen LogP contribution in [0.4, 0.5) is 4.39 Å². The van der Waals surface area contributed by atoms with Crippen LogP contribution in [0, 0.1) is 17.2 Å². The van der Waals surface area contributed by atoms with Crippen molar-refractivity contribution in [3.63, 3.8) is 0 Å². The number of nitrogens with zero attached hydrogens (tertiary/aromatic N) is 1. The fourth-order valence-electron chi connectivity index (χ4n) is 4.90. The fourth-order valence-corrected chi connectivity index (χ4v) is 4.90. The molecule has 35 heavy (non-hydrogen) atoms. The third kappa shape index (κ3) is 6.43. The van der Waals surface area contributed by atoms with E-state index in [-0.39, 0.29) is 37.5 Å². The maximum atomic E-state index is 13.6. The molecule has 2 aromatic rings. The Labute approximate surface area is 204 Å². The van der Waals surface area contributed by atoms with E-state index < -0.39 is 29.0 Å². The Kier molecular flexibility index (Phi) is 9.33. The first-order chi connectivity index (χ1) is 16.9. The van der Waals surface area contributed by atoms with E-state index in [1.54, 1.807) is 10.4 Å². The molecule has 1 aliphatic rings. The molecule has 0 aromatic heterocycles. The van der Waals surface area contributed by atoms with Crippen LogP contribution in [0.15, 0.2) is 54.6 Å². The molecule has 0 bridgehead atoms. The smallest absolute Gasteiger partial charge is 0.251 e. The lowest BCUT2D eigenvalue weighted by molar-refractivity contribution is -0.149. The normalized spacial score (nSPS) is 18.4. The highest BCUT2D eigenvalue weighted by Gasteiger charge is 2.53. The van der Waals surface area contributed by atoms with Gasteiger partial charge in [-0.05, 0) is 55.9 Å². The van der Waals surface area contributed by atoms with Gasteiger partial charge in [-0.25, -0.2) is 9.87 Å². The molecule has 188 valence electrons. The van der Waals surface area contributed by atoms with E-state index in [1.165, 1.54) is 18.2 Å². The quantitative estimate of drug-likeness (QED) is 0.272. The largest absolute Gasteiger partial charge is 0.396 e. The molecule has 3 rings (SSSR count). The van der Waals surface area contributed by atoms with Gasteiger partial charge in [0.1, 0.15) is 5.82 Å². The second-order valence-electron chi connectivity index (χ2n) is 8.84. The van der Waals surface area contributed by atoms with E-state index >= 15 is 0 Å². The summed E-state index contributed by atoms with van der Waals surface area (Å²) in [5, 5.41) is 21.5. The average molecular weight is 486 g/mol. The molecule has 0 radical (unpaired) electrons. The van der Waals surface area contributed by atoms with Gasteiger partial charge in [-0.1, -0.05) is 36.4 Å². The van der Waals surface area contributed by atoms with E-state index in [9.17, 15) is 29.1 Å². The monoisotopic (exact) mass is 485 g/mol. The standard InChI is InChI=1S/C26H32FN3O5/c27-21-9-4-8-20(18-21)23(32)28-14-10-22(24(33)29-35)26(12-5-17-31)13-16-30(25(26)34)15-11-19-6-2-1-3-7-19/h1-4,6-9,18,22,31,35H,5,10-17H2,(H,28,32)(H,29,33)/t22-,26-/m0/s1. The molecular weight excluding hydrogens is 453 g/mol. The summed E-state index contributed by atoms with van der Waals surface area (Å²) in [6.07, 6.45) is 1.76. The van der Waals surface area contributed by atoms with Gasteiger partial charge in [-0.3, -0.25) is 19.6 Å². The number of hydrogen-bond donors (Lipinski definition) is 4. The van der Waals surface area contributed by atoms with Crippen LogP contribution in [-0.4, -0.2) is 59.2 Å². The van der Waals surface area contributed by atoms with Gasteiger partial charge in [-0.2, -0.15) is 0 Å². The van der Waals surface area contributed by atoms with Crippen LogP contribution >= 0.6 is 0 Å². The van der Waals surface area contributed by atoms with Crippen LogP contribution in [0.25, 0.3) is 0 Å². The molecular formula is C26H32FN3O5. The van der Waals surface area contributed by atoms with Crippen molar-refractivity contribution in [2.24, 2.45) is 11.3 Å².